The van der Waals surface area contributed by atoms with Gasteiger partial charge in [0.05, 0.1) is 31.7 Å². The van der Waals surface area contributed by atoms with Gasteiger partial charge in [0.15, 0.2) is 5.75 Å². The number of benzene rings is 2. The van der Waals surface area contributed by atoms with E-state index in [2.05, 4.69) is 39.8 Å². The Balaban J connectivity index is 1.26. The van der Waals surface area contributed by atoms with Crippen molar-refractivity contribution in [1.29, 1.82) is 0 Å². The molecule has 4 rings (SSSR count). The predicted octanol–water partition coefficient (Wildman–Crippen LogP) is 3.23. The third kappa shape index (κ3) is 5.83. The van der Waals surface area contributed by atoms with Crippen molar-refractivity contribution in [2.24, 2.45) is 5.73 Å². The Bertz CT molecular complexity index is 1160. The van der Waals surface area contributed by atoms with Crippen LogP contribution in [-0.4, -0.2) is 25.7 Å². The molecular formula is C24H26N6O2. The zero-order valence-corrected chi connectivity index (χ0v) is 17.9. The van der Waals surface area contributed by atoms with E-state index in [9.17, 15) is 4.79 Å². The summed E-state index contributed by atoms with van der Waals surface area (Å²) in [6.07, 6.45) is 6.59. The number of hydrogen-bond donors (Lipinski definition) is 2. The second kappa shape index (κ2) is 9.93. The van der Waals surface area contributed by atoms with Gasteiger partial charge < -0.3 is 15.8 Å². The Hall–Kier alpha value is -3.91. The van der Waals surface area contributed by atoms with Gasteiger partial charge in [0.2, 0.25) is 0 Å². The summed E-state index contributed by atoms with van der Waals surface area (Å²) in [6, 6.07) is 16.0. The number of aromatic nitrogens is 4. The maximum atomic E-state index is 12.1. The molecule has 2 aromatic heterocycles. The zero-order chi connectivity index (χ0) is 22.3. The molecule has 0 saturated carbocycles. The van der Waals surface area contributed by atoms with Crippen LogP contribution in [0.15, 0.2) is 73.3 Å². The molecule has 0 aliphatic heterocycles. The molecule has 2 aromatic carbocycles. The summed E-state index contributed by atoms with van der Waals surface area (Å²) in [5, 5.41) is 11.3. The fourth-order valence-corrected chi connectivity index (χ4v) is 3.27. The lowest BCUT2D eigenvalue weighted by Crippen LogP contribution is -2.26. The molecular weight excluding hydrogens is 404 g/mol. The fourth-order valence-electron chi connectivity index (χ4n) is 3.27. The Morgan fingerprint density at radius 3 is 2.03 bits per heavy atom. The number of nitrogens with two attached hydrogens (primary N) is 1. The van der Waals surface area contributed by atoms with Crippen molar-refractivity contribution in [3.8, 4) is 5.75 Å². The van der Waals surface area contributed by atoms with Crippen molar-refractivity contribution in [1.82, 2.24) is 24.9 Å². The average Bonchev–Trinajstić information content (AvgIpc) is 3.42. The minimum atomic E-state index is -0.523. The third-order valence-corrected chi connectivity index (χ3v) is 4.99. The van der Waals surface area contributed by atoms with Crippen LogP contribution in [0.3, 0.4) is 0 Å². The van der Waals surface area contributed by atoms with E-state index in [1.54, 1.807) is 10.9 Å². The van der Waals surface area contributed by atoms with Gasteiger partial charge in [-0.05, 0) is 34.7 Å². The maximum Gasteiger partial charge on any atom is 0.412 e. The van der Waals surface area contributed by atoms with E-state index >= 15 is 0 Å². The number of carbonyl (C=O) groups is 1. The van der Waals surface area contributed by atoms with Crippen molar-refractivity contribution in [2.45, 2.75) is 33.1 Å². The van der Waals surface area contributed by atoms with E-state index in [0.717, 1.165) is 28.8 Å². The molecule has 0 aliphatic rings. The Labute approximate surface area is 186 Å². The first-order valence-electron chi connectivity index (χ1n) is 10.4. The van der Waals surface area contributed by atoms with Crippen LogP contribution in [0.5, 0.6) is 5.75 Å². The SMILES string of the molecule is Cc1cnn(Cc2ccc(Cn3cc(OC(=O)NCc4ccc(CN)cc4)cn3)cc2)c1. The minimum absolute atomic E-state index is 0.377. The third-order valence-electron chi connectivity index (χ3n) is 4.99. The molecule has 0 aliphatic carbocycles. The molecule has 8 nitrogen and oxygen atoms in total. The van der Waals surface area contributed by atoms with E-state index < -0.39 is 6.09 Å². The number of hydrogen-bond acceptors (Lipinski definition) is 5. The largest absolute Gasteiger partial charge is 0.412 e. The van der Waals surface area contributed by atoms with Gasteiger partial charge in [-0.2, -0.15) is 10.2 Å². The molecule has 0 fully saturated rings. The number of amides is 1. The summed E-state index contributed by atoms with van der Waals surface area (Å²) >= 11 is 0. The minimum Gasteiger partial charge on any atom is -0.407 e. The molecule has 2 heterocycles. The average molecular weight is 431 g/mol. The topological polar surface area (TPSA) is 100.0 Å². The summed E-state index contributed by atoms with van der Waals surface area (Å²) in [5.74, 6) is 0.395. The van der Waals surface area contributed by atoms with Gasteiger partial charge in [-0.15, -0.1) is 0 Å². The van der Waals surface area contributed by atoms with Gasteiger partial charge in [0.1, 0.15) is 0 Å². The molecule has 1 amide bonds. The van der Waals surface area contributed by atoms with Gasteiger partial charge in [0.25, 0.3) is 0 Å². The summed E-state index contributed by atoms with van der Waals surface area (Å²) in [7, 11) is 0. The molecule has 0 unspecified atom stereocenters. The quantitative estimate of drug-likeness (QED) is 0.447. The van der Waals surface area contributed by atoms with Gasteiger partial charge in [-0.1, -0.05) is 48.5 Å². The first-order chi connectivity index (χ1) is 15.6. The van der Waals surface area contributed by atoms with Gasteiger partial charge in [-0.3, -0.25) is 9.36 Å². The number of nitrogens with one attached hydrogen (secondary N) is 1. The highest BCUT2D eigenvalue weighted by atomic mass is 16.6. The highest BCUT2D eigenvalue weighted by molar-refractivity contribution is 5.70. The second-order valence-electron chi connectivity index (χ2n) is 7.67. The van der Waals surface area contributed by atoms with Crippen LogP contribution in [0.4, 0.5) is 4.79 Å². The van der Waals surface area contributed by atoms with Gasteiger partial charge in [0, 0.05) is 19.3 Å². The summed E-state index contributed by atoms with van der Waals surface area (Å²) in [5.41, 5.74) is 11.0. The predicted molar refractivity (Wildman–Crippen MR) is 121 cm³/mol. The molecule has 0 bridgehead atoms. The molecule has 0 radical (unpaired) electrons. The van der Waals surface area contributed by atoms with E-state index in [1.807, 2.05) is 48.3 Å². The molecule has 0 spiro atoms. The molecule has 164 valence electrons. The lowest BCUT2D eigenvalue weighted by atomic mass is 10.1. The lowest BCUT2D eigenvalue weighted by molar-refractivity contribution is 0.200. The molecule has 0 saturated heterocycles. The van der Waals surface area contributed by atoms with Crippen molar-refractivity contribution >= 4 is 6.09 Å². The summed E-state index contributed by atoms with van der Waals surface area (Å²) in [4.78, 5) is 12.1. The van der Waals surface area contributed by atoms with E-state index in [4.69, 9.17) is 10.5 Å². The number of ether oxygens (including phenoxy) is 1. The van der Waals surface area contributed by atoms with Crippen molar-refractivity contribution in [3.05, 3.63) is 101 Å². The Kier molecular flexibility index (Phi) is 6.62. The van der Waals surface area contributed by atoms with Crippen LogP contribution in [0, 0.1) is 6.92 Å². The Morgan fingerprint density at radius 2 is 1.44 bits per heavy atom. The molecule has 32 heavy (non-hydrogen) atoms. The van der Waals surface area contributed by atoms with E-state index in [0.29, 0.717) is 25.4 Å². The lowest BCUT2D eigenvalue weighted by Gasteiger charge is -2.06. The highest BCUT2D eigenvalue weighted by Gasteiger charge is 2.07. The number of carbonyl (C=O) groups excluding carboxylic acids is 1. The normalized spacial score (nSPS) is 10.8. The Morgan fingerprint density at radius 1 is 0.875 bits per heavy atom. The maximum absolute atomic E-state index is 12.1. The van der Waals surface area contributed by atoms with Gasteiger partial charge in [-0.25, -0.2) is 4.79 Å². The van der Waals surface area contributed by atoms with Crippen molar-refractivity contribution < 1.29 is 9.53 Å². The molecule has 3 N–H and O–H groups in total. The molecule has 0 atom stereocenters. The second-order valence-corrected chi connectivity index (χ2v) is 7.67. The van der Waals surface area contributed by atoms with Crippen LogP contribution >= 0.6 is 0 Å². The van der Waals surface area contributed by atoms with Crippen molar-refractivity contribution in [3.63, 3.8) is 0 Å². The molecule has 4 aromatic rings. The number of rotatable bonds is 8. The highest BCUT2D eigenvalue weighted by Crippen LogP contribution is 2.12. The summed E-state index contributed by atoms with van der Waals surface area (Å²) < 4.78 is 8.98. The monoisotopic (exact) mass is 430 g/mol. The first-order valence-corrected chi connectivity index (χ1v) is 10.4. The number of aryl methyl sites for hydroxylation is 1. The molecule has 8 heteroatoms. The van der Waals surface area contributed by atoms with Gasteiger partial charge >= 0.3 is 6.09 Å². The van der Waals surface area contributed by atoms with Crippen LogP contribution in [0.1, 0.15) is 27.8 Å². The van der Waals surface area contributed by atoms with Crippen LogP contribution in [-0.2, 0) is 26.2 Å². The van der Waals surface area contributed by atoms with Crippen LogP contribution in [0.2, 0.25) is 0 Å². The van der Waals surface area contributed by atoms with E-state index in [-0.39, 0.29) is 0 Å². The van der Waals surface area contributed by atoms with Crippen LogP contribution in [0.25, 0.3) is 0 Å². The first kappa shape index (κ1) is 21.3. The zero-order valence-electron chi connectivity index (χ0n) is 17.9. The smallest absolute Gasteiger partial charge is 0.407 e. The standard InChI is InChI=1S/C24H26N6O2/c1-18-11-27-29(14-18)15-21-6-8-22(9-7-21)16-30-17-23(13-28-30)32-24(31)26-12-20-4-2-19(10-25)3-5-20/h2-9,11,13-14,17H,10,12,15-16,25H2,1H3,(H,26,31). The fraction of sp³-hybridized carbons (Fsp3) is 0.208. The number of nitrogens with zero attached hydrogens (tertiary/aromatic N) is 4. The summed E-state index contributed by atoms with van der Waals surface area (Å²) in [6.45, 7) is 4.22. The van der Waals surface area contributed by atoms with Crippen molar-refractivity contribution in [2.75, 3.05) is 0 Å². The van der Waals surface area contributed by atoms with Crippen LogP contribution < -0.4 is 15.8 Å². The van der Waals surface area contributed by atoms with E-state index in [1.165, 1.54) is 11.8 Å².